The summed E-state index contributed by atoms with van der Waals surface area (Å²) in [5.41, 5.74) is 2.94. The summed E-state index contributed by atoms with van der Waals surface area (Å²) in [6.45, 7) is 4.01. The van der Waals surface area contributed by atoms with E-state index in [0.29, 0.717) is 23.7 Å². The van der Waals surface area contributed by atoms with Crippen LogP contribution in [0.3, 0.4) is 0 Å². The second kappa shape index (κ2) is 3.89. The average molecular weight is 293 g/mol. The fraction of sp³-hybridized carbons (Fsp3) is 0.474. The summed E-state index contributed by atoms with van der Waals surface area (Å²) in [5.74, 6) is 1.77. The molecule has 0 aromatic heterocycles. The van der Waals surface area contributed by atoms with Crippen molar-refractivity contribution in [3.63, 3.8) is 0 Å². The highest BCUT2D eigenvalue weighted by Crippen LogP contribution is 2.65. The molecule has 2 bridgehead atoms. The van der Waals surface area contributed by atoms with E-state index in [-0.39, 0.29) is 23.7 Å². The summed E-state index contributed by atoms with van der Waals surface area (Å²) in [4.78, 5) is 27.5. The van der Waals surface area contributed by atoms with Gasteiger partial charge >= 0.3 is 0 Å². The molecule has 0 spiro atoms. The second-order valence-corrected chi connectivity index (χ2v) is 7.46. The van der Waals surface area contributed by atoms with Crippen molar-refractivity contribution in [2.45, 2.75) is 20.3 Å². The van der Waals surface area contributed by atoms with Gasteiger partial charge in [-0.1, -0.05) is 29.8 Å². The monoisotopic (exact) mass is 293 g/mol. The first kappa shape index (κ1) is 12.6. The van der Waals surface area contributed by atoms with Crippen LogP contribution in [0.25, 0.3) is 0 Å². The largest absolute Gasteiger partial charge is 0.274 e. The number of imide groups is 1. The molecule has 3 fully saturated rings. The lowest BCUT2D eigenvalue weighted by molar-refractivity contribution is -0.124. The molecule has 3 nitrogen and oxygen atoms in total. The number of rotatable bonds is 1. The van der Waals surface area contributed by atoms with Crippen molar-refractivity contribution in [1.29, 1.82) is 0 Å². The molecule has 0 N–H and O–H groups in total. The van der Waals surface area contributed by atoms with Crippen LogP contribution in [-0.2, 0) is 9.59 Å². The number of allylic oxidation sites excluding steroid dienone is 2. The van der Waals surface area contributed by atoms with Crippen molar-refractivity contribution in [2.24, 2.45) is 35.5 Å². The number of benzene rings is 1. The van der Waals surface area contributed by atoms with Gasteiger partial charge in [0.05, 0.1) is 17.5 Å². The van der Waals surface area contributed by atoms with Gasteiger partial charge in [-0.3, -0.25) is 9.59 Å². The summed E-state index contributed by atoms with van der Waals surface area (Å²) in [5, 5.41) is 0. The lowest BCUT2D eigenvalue weighted by atomic mass is 9.63. The molecule has 2 saturated carbocycles. The van der Waals surface area contributed by atoms with E-state index in [0.717, 1.165) is 16.8 Å². The number of hydrogen-bond acceptors (Lipinski definition) is 2. The molecule has 22 heavy (non-hydrogen) atoms. The van der Waals surface area contributed by atoms with Crippen LogP contribution < -0.4 is 4.90 Å². The molecule has 1 heterocycles. The topological polar surface area (TPSA) is 37.4 Å². The first-order valence-electron chi connectivity index (χ1n) is 8.21. The molecule has 6 atom stereocenters. The summed E-state index contributed by atoms with van der Waals surface area (Å²) in [6, 6.07) is 5.95. The Kier molecular flexibility index (Phi) is 2.23. The van der Waals surface area contributed by atoms with Gasteiger partial charge in [0, 0.05) is 0 Å². The van der Waals surface area contributed by atoms with E-state index in [4.69, 9.17) is 0 Å². The van der Waals surface area contributed by atoms with Crippen molar-refractivity contribution in [3.8, 4) is 0 Å². The molecule has 1 aromatic carbocycles. The maximum absolute atomic E-state index is 13.0. The van der Waals surface area contributed by atoms with Crippen molar-refractivity contribution in [2.75, 3.05) is 4.90 Å². The van der Waals surface area contributed by atoms with Gasteiger partial charge in [-0.15, -0.1) is 0 Å². The number of nitrogens with zero attached hydrogens (tertiary/aromatic N) is 1. The maximum atomic E-state index is 13.0. The normalized spacial score (nSPS) is 40.9. The molecule has 5 aliphatic rings. The lowest BCUT2D eigenvalue weighted by Crippen LogP contribution is -2.40. The molecule has 3 heteroatoms. The fourth-order valence-corrected chi connectivity index (χ4v) is 5.25. The Labute approximate surface area is 130 Å². The van der Waals surface area contributed by atoms with Gasteiger partial charge in [-0.2, -0.15) is 0 Å². The van der Waals surface area contributed by atoms with Crippen LogP contribution in [0.4, 0.5) is 5.69 Å². The van der Waals surface area contributed by atoms with Crippen LogP contribution in [0.2, 0.25) is 0 Å². The van der Waals surface area contributed by atoms with Crippen LogP contribution in [0.1, 0.15) is 17.5 Å². The minimum absolute atomic E-state index is 0.0339. The van der Waals surface area contributed by atoms with E-state index in [1.54, 1.807) is 0 Å². The molecule has 1 saturated heterocycles. The van der Waals surface area contributed by atoms with Gasteiger partial charge in [0.2, 0.25) is 11.8 Å². The molecule has 0 radical (unpaired) electrons. The maximum Gasteiger partial charge on any atom is 0.238 e. The molecular weight excluding hydrogens is 274 g/mol. The van der Waals surface area contributed by atoms with Gasteiger partial charge in [0.15, 0.2) is 0 Å². The van der Waals surface area contributed by atoms with Crippen LogP contribution in [-0.4, -0.2) is 11.8 Å². The molecule has 2 amide bonds. The highest BCUT2D eigenvalue weighted by Gasteiger charge is 2.67. The summed E-state index contributed by atoms with van der Waals surface area (Å²) >= 11 is 0. The minimum atomic E-state index is -0.105. The van der Waals surface area contributed by atoms with Gasteiger partial charge in [-0.05, 0) is 55.6 Å². The molecule has 112 valence electrons. The zero-order valence-corrected chi connectivity index (χ0v) is 12.8. The number of amides is 2. The molecule has 1 aliphatic heterocycles. The fourth-order valence-electron chi connectivity index (χ4n) is 5.25. The third kappa shape index (κ3) is 1.37. The summed E-state index contributed by atoms with van der Waals surface area (Å²) < 4.78 is 0. The third-order valence-corrected chi connectivity index (χ3v) is 6.26. The smallest absolute Gasteiger partial charge is 0.238 e. The van der Waals surface area contributed by atoms with Crippen molar-refractivity contribution >= 4 is 17.5 Å². The Bertz CT molecular complexity index is 714. The Balaban J connectivity index is 1.60. The standard InChI is InChI=1S/C19H19NO2/c1-9-3-6-15(10(2)7-9)20-18(21)16-11-4-5-12(14-8-13(11)14)17(16)19(20)22/h3-7,11-14,16-17H,8H2,1-2H3/t11-,12-,13-,14+,16+,17+/m0/s1. The highest BCUT2D eigenvalue weighted by molar-refractivity contribution is 6.23. The summed E-state index contributed by atoms with van der Waals surface area (Å²) in [6.07, 6.45) is 5.65. The lowest BCUT2D eigenvalue weighted by Gasteiger charge is -2.37. The second-order valence-electron chi connectivity index (χ2n) is 7.46. The van der Waals surface area contributed by atoms with Crippen LogP contribution >= 0.6 is 0 Å². The number of anilines is 1. The van der Waals surface area contributed by atoms with Gasteiger partial charge in [0.25, 0.3) is 0 Å². The number of hydrogen-bond donors (Lipinski definition) is 0. The molecule has 0 unspecified atom stereocenters. The zero-order valence-electron chi connectivity index (χ0n) is 12.8. The van der Waals surface area contributed by atoms with Crippen LogP contribution in [0, 0.1) is 49.4 Å². The van der Waals surface area contributed by atoms with Gasteiger partial charge in [0.1, 0.15) is 0 Å². The van der Waals surface area contributed by atoms with Crippen molar-refractivity contribution in [1.82, 2.24) is 0 Å². The van der Waals surface area contributed by atoms with E-state index in [1.165, 1.54) is 11.3 Å². The molecule has 6 rings (SSSR count). The van der Waals surface area contributed by atoms with Gasteiger partial charge in [-0.25, -0.2) is 4.90 Å². The quantitative estimate of drug-likeness (QED) is 0.590. The minimum Gasteiger partial charge on any atom is -0.274 e. The van der Waals surface area contributed by atoms with E-state index >= 15 is 0 Å². The number of carbonyl (C=O) groups is 2. The first-order chi connectivity index (χ1) is 10.6. The Hall–Kier alpha value is -1.90. The van der Waals surface area contributed by atoms with E-state index in [2.05, 4.69) is 12.2 Å². The van der Waals surface area contributed by atoms with E-state index < -0.39 is 0 Å². The van der Waals surface area contributed by atoms with Crippen LogP contribution in [0.15, 0.2) is 30.4 Å². The molecule has 1 aromatic rings. The van der Waals surface area contributed by atoms with Crippen molar-refractivity contribution in [3.05, 3.63) is 41.5 Å². The third-order valence-electron chi connectivity index (χ3n) is 6.26. The highest BCUT2D eigenvalue weighted by atomic mass is 16.2. The predicted octanol–water partition coefficient (Wildman–Crippen LogP) is 2.86. The Morgan fingerprint density at radius 3 is 2.09 bits per heavy atom. The van der Waals surface area contributed by atoms with Crippen LogP contribution in [0.5, 0.6) is 0 Å². The Morgan fingerprint density at radius 1 is 0.955 bits per heavy atom. The molecule has 4 aliphatic carbocycles. The number of carbonyl (C=O) groups excluding carboxylic acids is 2. The zero-order chi connectivity index (χ0) is 15.2. The Morgan fingerprint density at radius 2 is 1.55 bits per heavy atom. The molecular formula is C19H19NO2. The average Bonchev–Trinajstić information content (AvgIpc) is 3.26. The van der Waals surface area contributed by atoms with Crippen molar-refractivity contribution < 1.29 is 9.59 Å². The summed E-state index contributed by atoms with van der Waals surface area (Å²) in [7, 11) is 0. The first-order valence-corrected chi connectivity index (χ1v) is 8.21. The SMILES string of the molecule is Cc1ccc(N2C(=O)[C@@H]3[C@H]4C=C[C@@H]([C@@H]5C[C@H]45)[C@H]3C2=O)c(C)c1. The van der Waals surface area contributed by atoms with E-state index in [1.807, 2.05) is 32.0 Å². The number of aryl methyl sites for hydroxylation is 2. The van der Waals surface area contributed by atoms with E-state index in [9.17, 15) is 9.59 Å². The predicted molar refractivity (Wildman–Crippen MR) is 83.1 cm³/mol. The van der Waals surface area contributed by atoms with Gasteiger partial charge < -0.3 is 0 Å².